The molecule has 5 nitrogen and oxygen atoms in total. The van der Waals surface area contributed by atoms with Gasteiger partial charge in [-0.15, -0.1) is 0 Å². The predicted octanol–water partition coefficient (Wildman–Crippen LogP) is 3.97. The van der Waals surface area contributed by atoms with E-state index in [1.54, 1.807) is 0 Å². The first kappa shape index (κ1) is 17.2. The van der Waals surface area contributed by atoms with Gasteiger partial charge in [0, 0.05) is 12.6 Å². The Labute approximate surface area is 136 Å². The van der Waals surface area contributed by atoms with Gasteiger partial charge < -0.3 is 5.32 Å². The lowest BCUT2D eigenvalue weighted by molar-refractivity contribution is -0.385. The molecule has 0 heterocycles. The summed E-state index contributed by atoms with van der Waals surface area (Å²) in [4.78, 5) is 22.3. The maximum Gasteiger partial charge on any atom is 0.283 e. The standard InChI is InChI=1S/C13H16ClIN2O3/c14-10-6-5-7-11(17(19)20)12(10)13(18)16-9-4-2-1-3-8-15/h5-7H,1-4,8-9H2,(H,16,18). The molecule has 0 atom stereocenters. The SMILES string of the molecule is O=C(NCCCCCCI)c1c(Cl)cccc1[N+](=O)[O-]. The molecule has 20 heavy (non-hydrogen) atoms. The van der Waals surface area contributed by atoms with Gasteiger partial charge in [-0.25, -0.2) is 0 Å². The van der Waals surface area contributed by atoms with Crippen molar-refractivity contribution in [2.75, 3.05) is 11.0 Å². The second-order valence-electron chi connectivity index (χ2n) is 4.25. The third-order valence-electron chi connectivity index (χ3n) is 2.76. The number of carbonyl (C=O) groups excluding carboxylic acids is 1. The van der Waals surface area contributed by atoms with Gasteiger partial charge in [-0.1, -0.05) is 53.1 Å². The van der Waals surface area contributed by atoms with Crippen LogP contribution in [0, 0.1) is 10.1 Å². The first-order chi connectivity index (χ1) is 9.57. The maximum absolute atomic E-state index is 12.0. The van der Waals surface area contributed by atoms with E-state index >= 15 is 0 Å². The van der Waals surface area contributed by atoms with E-state index in [1.165, 1.54) is 24.6 Å². The van der Waals surface area contributed by atoms with Gasteiger partial charge in [0.1, 0.15) is 5.56 Å². The number of hydrogen-bond donors (Lipinski definition) is 1. The van der Waals surface area contributed by atoms with Crippen LogP contribution in [0.5, 0.6) is 0 Å². The van der Waals surface area contributed by atoms with Crippen molar-refractivity contribution in [3.05, 3.63) is 38.9 Å². The van der Waals surface area contributed by atoms with E-state index in [1.807, 2.05) is 0 Å². The number of benzene rings is 1. The normalized spacial score (nSPS) is 10.3. The molecule has 1 N–H and O–H groups in total. The molecule has 0 saturated carbocycles. The minimum atomic E-state index is -0.596. The van der Waals surface area contributed by atoms with Crippen LogP contribution in [0.3, 0.4) is 0 Å². The van der Waals surface area contributed by atoms with E-state index in [-0.39, 0.29) is 16.3 Å². The minimum absolute atomic E-state index is 0.0635. The highest BCUT2D eigenvalue weighted by Gasteiger charge is 2.22. The third kappa shape index (κ3) is 5.24. The molecule has 0 radical (unpaired) electrons. The zero-order valence-corrected chi connectivity index (χ0v) is 13.8. The number of nitrogens with one attached hydrogen (secondary N) is 1. The van der Waals surface area contributed by atoms with Gasteiger partial charge in [-0.2, -0.15) is 0 Å². The molecular formula is C13H16ClIN2O3. The predicted molar refractivity (Wildman–Crippen MR) is 87.8 cm³/mol. The number of nitro benzene ring substituents is 1. The van der Waals surface area contributed by atoms with E-state index in [0.29, 0.717) is 6.54 Å². The second-order valence-corrected chi connectivity index (χ2v) is 5.74. The zero-order valence-electron chi connectivity index (χ0n) is 10.9. The van der Waals surface area contributed by atoms with E-state index in [0.717, 1.165) is 23.7 Å². The summed E-state index contributed by atoms with van der Waals surface area (Å²) in [5, 5.41) is 13.7. The van der Waals surface area contributed by atoms with Gasteiger partial charge in [0.2, 0.25) is 0 Å². The average molecular weight is 411 g/mol. The highest BCUT2D eigenvalue weighted by Crippen LogP contribution is 2.25. The number of rotatable bonds is 8. The van der Waals surface area contributed by atoms with Gasteiger partial charge in [-0.05, 0) is 23.3 Å². The van der Waals surface area contributed by atoms with Crippen LogP contribution >= 0.6 is 34.2 Å². The molecule has 7 heteroatoms. The number of unbranched alkanes of at least 4 members (excludes halogenated alkanes) is 3. The minimum Gasteiger partial charge on any atom is -0.352 e. The Hall–Kier alpha value is -0.890. The number of alkyl halides is 1. The number of amides is 1. The quantitative estimate of drug-likeness (QED) is 0.232. The van der Waals surface area contributed by atoms with Crippen molar-refractivity contribution >= 4 is 45.8 Å². The molecule has 0 aliphatic carbocycles. The summed E-state index contributed by atoms with van der Waals surface area (Å²) in [6.45, 7) is 0.502. The van der Waals surface area contributed by atoms with Gasteiger partial charge in [0.25, 0.3) is 11.6 Å². The molecule has 0 fully saturated rings. The summed E-state index contributed by atoms with van der Waals surface area (Å²) in [5.74, 6) is -0.490. The Bertz CT molecular complexity index is 483. The summed E-state index contributed by atoms with van der Waals surface area (Å²) in [7, 11) is 0. The fourth-order valence-electron chi connectivity index (χ4n) is 1.75. The molecule has 1 aromatic rings. The summed E-state index contributed by atoms with van der Waals surface area (Å²) in [6, 6.07) is 4.21. The van der Waals surface area contributed by atoms with Crippen molar-refractivity contribution in [1.29, 1.82) is 0 Å². The van der Waals surface area contributed by atoms with Crippen molar-refractivity contribution in [1.82, 2.24) is 5.32 Å². The van der Waals surface area contributed by atoms with Crippen LogP contribution in [-0.2, 0) is 0 Å². The van der Waals surface area contributed by atoms with Crippen molar-refractivity contribution in [3.8, 4) is 0 Å². The van der Waals surface area contributed by atoms with Gasteiger partial charge in [-0.3, -0.25) is 14.9 Å². The Morgan fingerprint density at radius 1 is 1.30 bits per heavy atom. The second kappa shape index (κ2) is 9.12. The number of halogens is 2. The highest BCUT2D eigenvalue weighted by molar-refractivity contribution is 14.1. The van der Waals surface area contributed by atoms with E-state index in [4.69, 9.17) is 11.6 Å². The molecule has 0 aliphatic heterocycles. The summed E-state index contributed by atoms with van der Waals surface area (Å²) in [6.07, 6.45) is 4.20. The lowest BCUT2D eigenvalue weighted by atomic mass is 10.1. The van der Waals surface area contributed by atoms with Crippen molar-refractivity contribution < 1.29 is 9.72 Å². The smallest absolute Gasteiger partial charge is 0.283 e. The average Bonchev–Trinajstić information content (AvgIpc) is 2.42. The molecule has 0 saturated heterocycles. The Balaban J connectivity index is 2.57. The van der Waals surface area contributed by atoms with Crippen molar-refractivity contribution in [3.63, 3.8) is 0 Å². The van der Waals surface area contributed by atoms with E-state index in [9.17, 15) is 14.9 Å². The lowest BCUT2D eigenvalue weighted by Crippen LogP contribution is -2.25. The van der Waals surface area contributed by atoms with Crippen LogP contribution in [0.2, 0.25) is 5.02 Å². The Morgan fingerprint density at radius 2 is 2.00 bits per heavy atom. The van der Waals surface area contributed by atoms with Crippen LogP contribution in [0.4, 0.5) is 5.69 Å². The zero-order chi connectivity index (χ0) is 15.0. The van der Waals surface area contributed by atoms with Crippen LogP contribution in [-0.4, -0.2) is 21.8 Å². The largest absolute Gasteiger partial charge is 0.352 e. The van der Waals surface area contributed by atoms with Gasteiger partial charge in [0.15, 0.2) is 0 Å². The molecule has 110 valence electrons. The summed E-state index contributed by atoms with van der Waals surface area (Å²) in [5.41, 5.74) is -0.327. The number of hydrogen-bond acceptors (Lipinski definition) is 3. The third-order valence-corrected chi connectivity index (χ3v) is 3.84. The molecular weight excluding hydrogens is 395 g/mol. The number of carbonyl (C=O) groups is 1. The fourth-order valence-corrected chi connectivity index (χ4v) is 2.55. The first-order valence-corrected chi connectivity index (χ1v) is 8.25. The maximum atomic E-state index is 12.0. The Kier molecular flexibility index (Phi) is 7.83. The highest BCUT2D eigenvalue weighted by atomic mass is 127. The van der Waals surface area contributed by atoms with Crippen LogP contribution in [0.25, 0.3) is 0 Å². The molecule has 0 aliphatic rings. The van der Waals surface area contributed by atoms with Crippen molar-refractivity contribution in [2.24, 2.45) is 0 Å². The van der Waals surface area contributed by atoms with Gasteiger partial charge in [0.05, 0.1) is 9.95 Å². The molecule has 1 aromatic carbocycles. The fraction of sp³-hybridized carbons (Fsp3) is 0.462. The lowest BCUT2D eigenvalue weighted by Gasteiger charge is -2.07. The number of nitrogens with zero attached hydrogens (tertiary/aromatic N) is 1. The van der Waals surface area contributed by atoms with Crippen LogP contribution in [0.1, 0.15) is 36.0 Å². The van der Waals surface area contributed by atoms with Crippen LogP contribution < -0.4 is 5.32 Å². The molecule has 1 amide bonds. The Morgan fingerprint density at radius 3 is 2.65 bits per heavy atom. The van der Waals surface area contributed by atoms with E-state index in [2.05, 4.69) is 27.9 Å². The summed E-state index contributed by atoms with van der Waals surface area (Å²) < 4.78 is 1.13. The van der Waals surface area contributed by atoms with Gasteiger partial charge >= 0.3 is 0 Å². The van der Waals surface area contributed by atoms with Crippen molar-refractivity contribution in [2.45, 2.75) is 25.7 Å². The molecule has 0 spiro atoms. The molecule has 0 unspecified atom stereocenters. The topological polar surface area (TPSA) is 72.2 Å². The van der Waals surface area contributed by atoms with Crippen LogP contribution in [0.15, 0.2) is 18.2 Å². The molecule has 0 bridgehead atoms. The van der Waals surface area contributed by atoms with E-state index < -0.39 is 10.8 Å². The molecule has 0 aromatic heterocycles. The number of nitro groups is 1. The summed E-state index contributed by atoms with van der Waals surface area (Å²) >= 11 is 8.22. The first-order valence-electron chi connectivity index (χ1n) is 6.35. The monoisotopic (exact) mass is 410 g/mol. The molecule has 1 rings (SSSR count).